The lowest BCUT2D eigenvalue weighted by atomic mass is 9.87. The Morgan fingerprint density at radius 2 is 1.93 bits per heavy atom. The predicted octanol–water partition coefficient (Wildman–Crippen LogP) is 5.87. The molecule has 54 heavy (non-hydrogen) atoms. The lowest BCUT2D eigenvalue weighted by Crippen LogP contribution is -2.43. The van der Waals surface area contributed by atoms with Crippen LogP contribution in [0.5, 0.6) is 5.75 Å². The number of likely N-dealkylation sites (tertiary alicyclic amines) is 1. The molecule has 2 atom stereocenters. The highest BCUT2D eigenvalue weighted by atomic mass is 32.2. The summed E-state index contributed by atoms with van der Waals surface area (Å²) in [6.45, 7) is 7.80. The number of fused-ring (bicyclic) bond motifs is 2. The number of rotatable bonds is 11. The van der Waals surface area contributed by atoms with Gasteiger partial charge >= 0.3 is 0 Å². The van der Waals surface area contributed by atoms with Crippen LogP contribution in [0.2, 0.25) is 0 Å². The zero-order valence-electron chi connectivity index (χ0n) is 30.7. The van der Waals surface area contributed by atoms with Gasteiger partial charge in [-0.1, -0.05) is 6.07 Å². The van der Waals surface area contributed by atoms with E-state index in [9.17, 15) is 4.21 Å². The first-order valence-corrected chi connectivity index (χ1v) is 19.5. The van der Waals surface area contributed by atoms with Crippen LogP contribution in [0, 0.1) is 17.6 Å². The molecule has 0 aliphatic carbocycles. The zero-order valence-corrected chi connectivity index (χ0v) is 31.5. The molecule has 0 amide bonds. The summed E-state index contributed by atoms with van der Waals surface area (Å²) in [4.78, 5) is 11.9. The smallest absolute Gasteiger partial charge is 0.247 e. The minimum atomic E-state index is -1.52. The van der Waals surface area contributed by atoms with Crippen LogP contribution < -0.4 is 15.4 Å². The molecular weight excluding hydrogens is 715 g/mol. The Morgan fingerprint density at radius 3 is 2.67 bits per heavy atom. The van der Waals surface area contributed by atoms with Gasteiger partial charge in [0.25, 0.3) is 0 Å². The van der Waals surface area contributed by atoms with Crippen molar-refractivity contribution in [3.8, 4) is 17.0 Å². The number of hydrogen-bond acceptors (Lipinski definition) is 10. The highest BCUT2D eigenvalue weighted by molar-refractivity contribution is 7.82. The van der Waals surface area contributed by atoms with Crippen LogP contribution in [0.15, 0.2) is 53.9 Å². The molecular formula is C37H44F2N12O2S. The summed E-state index contributed by atoms with van der Waals surface area (Å²) in [5.74, 6) is 1.02. The molecule has 0 saturated carbocycles. The summed E-state index contributed by atoms with van der Waals surface area (Å²) in [6, 6.07) is 8.45. The number of H-pyrrole nitrogens is 1. The summed E-state index contributed by atoms with van der Waals surface area (Å²) in [6.07, 6.45) is 8.43. The van der Waals surface area contributed by atoms with Gasteiger partial charge in [0.05, 0.1) is 22.9 Å². The van der Waals surface area contributed by atoms with Gasteiger partial charge in [-0.25, -0.2) is 22.3 Å². The van der Waals surface area contributed by atoms with E-state index in [0.717, 1.165) is 61.8 Å². The number of nitrogens with one attached hydrogen (secondary N) is 3. The monoisotopic (exact) mass is 758 g/mol. The standard InChI is InChI=1S/C37H44F2N12O2S/c1-22(2)53-34-32(25-17-42-43-18-25)41-21-51-36(34)45-37(47-51)44-30-10-7-26(16-29(30)38)54(52)50-13-5-6-23(20-50)19-49-14-11-24(12-15-49)27-8-9-28-33(31(27)39)48(4)46-35(28)40-3/h7-10,16-18,21-24H,5-6,11-15,19-20H2,1-4H3,(H,40,46)(H,42,43)(H,44,47). The molecule has 4 aromatic heterocycles. The van der Waals surface area contributed by atoms with E-state index in [2.05, 4.69) is 45.9 Å². The second kappa shape index (κ2) is 15.0. The molecule has 2 aliphatic rings. The number of aromatic nitrogens is 8. The summed E-state index contributed by atoms with van der Waals surface area (Å²) in [5.41, 5.74) is 3.16. The Kier molecular flexibility index (Phi) is 10.0. The maximum atomic E-state index is 15.7. The normalized spacial score (nSPS) is 18.2. The van der Waals surface area contributed by atoms with Gasteiger partial charge in [0.15, 0.2) is 17.4 Å². The van der Waals surface area contributed by atoms with Gasteiger partial charge in [0.1, 0.15) is 34.3 Å². The zero-order chi connectivity index (χ0) is 37.5. The molecule has 2 saturated heterocycles. The lowest BCUT2D eigenvalue weighted by molar-refractivity contribution is 0.151. The molecule has 3 N–H and O–H groups in total. The predicted molar refractivity (Wildman–Crippen MR) is 203 cm³/mol. The number of halogens is 2. The average Bonchev–Trinajstić information content (AvgIpc) is 3.92. The molecule has 17 heteroatoms. The first-order chi connectivity index (χ1) is 26.2. The van der Waals surface area contributed by atoms with E-state index in [4.69, 9.17) is 4.74 Å². The van der Waals surface area contributed by atoms with Crippen LogP contribution in [0.25, 0.3) is 27.8 Å². The van der Waals surface area contributed by atoms with Gasteiger partial charge in [0.2, 0.25) is 11.6 Å². The quantitative estimate of drug-likeness (QED) is 0.147. The average molecular weight is 759 g/mol. The topological polar surface area (TPSA) is 146 Å². The molecule has 0 radical (unpaired) electrons. The van der Waals surface area contributed by atoms with Crippen LogP contribution >= 0.6 is 0 Å². The maximum Gasteiger partial charge on any atom is 0.247 e. The summed E-state index contributed by atoms with van der Waals surface area (Å²) >= 11 is 0. The largest absolute Gasteiger partial charge is 0.485 e. The number of nitrogens with zero attached hydrogens (tertiary/aromatic N) is 9. The third kappa shape index (κ3) is 7.02. The molecule has 2 aliphatic heterocycles. The van der Waals surface area contributed by atoms with Gasteiger partial charge in [-0.05, 0) is 94.3 Å². The molecule has 2 unspecified atom stereocenters. The number of ether oxygens (including phenoxy) is 1. The first kappa shape index (κ1) is 36.0. The van der Waals surface area contributed by atoms with Crippen LogP contribution in [-0.4, -0.2) is 98.8 Å². The third-order valence-electron chi connectivity index (χ3n) is 10.3. The van der Waals surface area contributed by atoms with E-state index in [-0.39, 0.29) is 29.5 Å². The Morgan fingerprint density at radius 1 is 1.09 bits per heavy atom. The van der Waals surface area contributed by atoms with Crippen LogP contribution in [-0.2, 0) is 18.0 Å². The molecule has 8 rings (SSSR count). The molecule has 0 spiro atoms. The number of hydrogen-bond donors (Lipinski definition) is 3. The van der Waals surface area contributed by atoms with Crippen molar-refractivity contribution in [3.05, 3.63) is 66.3 Å². The van der Waals surface area contributed by atoms with E-state index in [1.807, 2.05) is 30.3 Å². The Hall–Kier alpha value is -5.00. The fraction of sp³-hybridized carbons (Fsp3) is 0.432. The first-order valence-electron chi connectivity index (χ1n) is 18.4. The molecule has 6 aromatic rings. The fourth-order valence-electron chi connectivity index (χ4n) is 7.75. The van der Waals surface area contributed by atoms with Gasteiger partial charge in [-0.3, -0.25) is 9.78 Å². The Labute approximate surface area is 313 Å². The molecule has 284 valence electrons. The maximum absolute atomic E-state index is 15.7. The molecule has 2 fully saturated rings. The molecule has 6 heterocycles. The Bertz CT molecular complexity index is 2300. The van der Waals surface area contributed by atoms with Crippen molar-refractivity contribution in [1.82, 2.24) is 48.8 Å². The van der Waals surface area contributed by atoms with Crippen LogP contribution in [0.4, 0.5) is 26.2 Å². The molecule has 2 aromatic carbocycles. The summed E-state index contributed by atoms with van der Waals surface area (Å²) in [7, 11) is 2.05. The van der Waals surface area contributed by atoms with Gasteiger partial charge in [-0.15, -0.1) is 5.10 Å². The van der Waals surface area contributed by atoms with Crippen molar-refractivity contribution >= 4 is 45.0 Å². The molecule has 0 bridgehead atoms. The number of anilines is 3. The summed E-state index contributed by atoms with van der Waals surface area (Å²) in [5, 5.41) is 22.4. The van der Waals surface area contributed by atoms with Crippen molar-refractivity contribution in [2.75, 3.05) is 50.4 Å². The second-order valence-corrected chi connectivity index (χ2v) is 15.8. The number of benzene rings is 2. The number of piperidine rings is 2. The van der Waals surface area contributed by atoms with Crippen LogP contribution in [0.1, 0.15) is 51.0 Å². The van der Waals surface area contributed by atoms with E-state index in [1.165, 1.54) is 16.9 Å². The number of aromatic amines is 1. The SMILES string of the molecule is CNc1nn(C)c2c(F)c(C3CCN(CC4CCCN(S(=O)c5ccc(Nc6nc7c(OC(C)C)c(-c8cn[nH]c8)ncn7n6)c(F)c5)C4)CC3)ccc12. The fourth-order valence-corrected chi connectivity index (χ4v) is 9.08. The van der Waals surface area contributed by atoms with E-state index in [1.54, 1.807) is 43.3 Å². The third-order valence-corrected chi connectivity index (χ3v) is 11.8. The number of aryl methyl sites for hydroxylation is 1. The second-order valence-electron chi connectivity index (χ2n) is 14.4. The minimum absolute atomic E-state index is 0.152. The van der Waals surface area contributed by atoms with Gasteiger partial charge in [-0.2, -0.15) is 19.7 Å². The van der Waals surface area contributed by atoms with Gasteiger partial charge < -0.3 is 20.3 Å². The van der Waals surface area contributed by atoms with Crippen LogP contribution in [0.3, 0.4) is 0 Å². The van der Waals surface area contributed by atoms with Gasteiger partial charge in [0, 0.05) is 50.9 Å². The van der Waals surface area contributed by atoms with Crippen molar-refractivity contribution < 1.29 is 17.7 Å². The van der Waals surface area contributed by atoms with Crippen molar-refractivity contribution in [2.45, 2.75) is 56.4 Å². The van der Waals surface area contributed by atoms with Crippen molar-refractivity contribution in [2.24, 2.45) is 13.0 Å². The Balaban J connectivity index is 0.891. The van der Waals surface area contributed by atoms with E-state index < -0.39 is 16.8 Å². The van der Waals surface area contributed by atoms with E-state index in [0.29, 0.717) is 52.3 Å². The highest BCUT2D eigenvalue weighted by Gasteiger charge is 2.30. The minimum Gasteiger partial charge on any atom is -0.485 e. The van der Waals surface area contributed by atoms with Crippen molar-refractivity contribution in [1.29, 1.82) is 0 Å². The van der Waals surface area contributed by atoms with Crippen molar-refractivity contribution in [3.63, 3.8) is 0 Å². The van der Waals surface area contributed by atoms with E-state index >= 15 is 8.78 Å². The lowest BCUT2D eigenvalue weighted by Gasteiger charge is -2.38. The highest BCUT2D eigenvalue weighted by Crippen LogP contribution is 2.36. The molecule has 14 nitrogen and oxygen atoms in total. The summed E-state index contributed by atoms with van der Waals surface area (Å²) < 4.78 is 56.1.